The number of ether oxygens (including phenoxy) is 1. The Kier molecular flexibility index (Phi) is 12.1. The smallest absolute Gasteiger partial charge is 0.186 e. The fourth-order valence-electron chi connectivity index (χ4n) is 3.16. The molecular weight excluding hydrogens is 270 g/mol. The average molecular weight is 308 g/mol. The van der Waals surface area contributed by atoms with E-state index in [1.165, 1.54) is 77.0 Å². The number of hydrogen-bond acceptors (Lipinski definition) is 2. The lowest BCUT2D eigenvalue weighted by Gasteiger charge is -2.16. The summed E-state index contributed by atoms with van der Waals surface area (Å²) in [5.74, 6) is 1.66. The molecule has 1 heterocycles. The first kappa shape index (κ1) is 19.3. The first-order valence-corrected chi connectivity index (χ1v) is 9.66. The zero-order chi connectivity index (χ0) is 15.9. The molecule has 0 aromatic heterocycles. The summed E-state index contributed by atoms with van der Waals surface area (Å²) in [4.78, 5) is 4.58. The third-order valence-corrected chi connectivity index (χ3v) is 4.52. The zero-order valence-corrected chi connectivity index (χ0v) is 15.0. The summed E-state index contributed by atoms with van der Waals surface area (Å²) >= 11 is 0. The predicted molar refractivity (Wildman–Crippen MR) is 97.6 cm³/mol. The number of aliphatic imine (C=N–C) groups is 1. The standard InChI is InChI=1S/C20H37NO/c1-3-5-7-9-11-13-15-19(20-21-17-18-22-20)16-14-12-10-8-6-4-2/h3,5,19H,4,6-18H2,1-2H3. The molecule has 1 aliphatic rings. The molecule has 0 saturated carbocycles. The maximum Gasteiger partial charge on any atom is 0.186 e. The number of hydrogen-bond donors (Lipinski definition) is 0. The van der Waals surface area contributed by atoms with Gasteiger partial charge in [-0.15, -0.1) is 0 Å². The second-order valence-electron chi connectivity index (χ2n) is 6.53. The van der Waals surface area contributed by atoms with Crippen LogP contribution in [0.15, 0.2) is 17.1 Å². The topological polar surface area (TPSA) is 21.6 Å². The van der Waals surface area contributed by atoms with Crippen LogP contribution in [0.4, 0.5) is 0 Å². The molecule has 0 aromatic rings. The molecule has 1 aliphatic heterocycles. The SMILES string of the molecule is CC=CCCCCCC(CCCCCCCC)C1=NCCO1. The Morgan fingerprint density at radius 2 is 1.68 bits per heavy atom. The molecule has 0 N–H and O–H groups in total. The van der Waals surface area contributed by atoms with Crippen LogP contribution in [-0.2, 0) is 4.74 Å². The van der Waals surface area contributed by atoms with Crippen molar-refractivity contribution in [3.05, 3.63) is 12.2 Å². The molecule has 2 nitrogen and oxygen atoms in total. The summed E-state index contributed by atoms with van der Waals surface area (Å²) in [6, 6.07) is 0. The van der Waals surface area contributed by atoms with Gasteiger partial charge >= 0.3 is 0 Å². The predicted octanol–water partition coefficient (Wildman–Crippen LogP) is 6.31. The highest BCUT2D eigenvalue weighted by atomic mass is 16.5. The number of nitrogens with zero attached hydrogens (tertiary/aromatic N) is 1. The van der Waals surface area contributed by atoms with Gasteiger partial charge in [0.1, 0.15) is 6.61 Å². The van der Waals surface area contributed by atoms with E-state index in [2.05, 4.69) is 31.0 Å². The number of rotatable bonds is 14. The first-order chi connectivity index (χ1) is 10.9. The largest absolute Gasteiger partial charge is 0.479 e. The number of unbranched alkanes of at least 4 members (excludes halogenated alkanes) is 8. The minimum atomic E-state index is 0.593. The van der Waals surface area contributed by atoms with Crippen molar-refractivity contribution in [1.29, 1.82) is 0 Å². The Balaban J connectivity index is 2.16. The van der Waals surface area contributed by atoms with Gasteiger partial charge in [0, 0.05) is 5.92 Å². The van der Waals surface area contributed by atoms with E-state index in [4.69, 9.17) is 4.74 Å². The lowest BCUT2D eigenvalue weighted by Crippen LogP contribution is -2.15. The van der Waals surface area contributed by atoms with Crippen LogP contribution in [0.1, 0.15) is 90.9 Å². The van der Waals surface area contributed by atoms with Crippen LogP contribution in [0.5, 0.6) is 0 Å². The van der Waals surface area contributed by atoms with Gasteiger partial charge in [-0.2, -0.15) is 0 Å². The third kappa shape index (κ3) is 9.27. The highest BCUT2D eigenvalue weighted by Crippen LogP contribution is 2.22. The Hall–Kier alpha value is -0.790. The minimum absolute atomic E-state index is 0.593. The van der Waals surface area contributed by atoms with E-state index in [0.29, 0.717) is 5.92 Å². The number of allylic oxidation sites excluding steroid dienone is 2. The van der Waals surface area contributed by atoms with Crippen molar-refractivity contribution < 1.29 is 4.74 Å². The van der Waals surface area contributed by atoms with Gasteiger partial charge in [0.05, 0.1) is 6.54 Å². The van der Waals surface area contributed by atoms with Gasteiger partial charge < -0.3 is 4.74 Å². The fraction of sp³-hybridized carbons (Fsp3) is 0.850. The first-order valence-electron chi connectivity index (χ1n) is 9.66. The molecular formula is C20H37NO. The molecule has 1 unspecified atom stereocenters. The second kappa shape index (κ2) is 13.8. The average Bonchev–Trinajstić information content (AvgIpc) is 3.06. The lowest BCUT2D eigenvalue weighted by molar-refractivity contribution is 0.309. The molecule has 1 rings (SSSR count). The molecule has 0 amide bonds. The van der Waals surface area contributed by atoms with Crippen LogP contribution in [-0.4, -0.2) is 19.0 Å². The van der Waals surface area contributed by atoms with Gasteiger partial charge in [-0.3, -0.25) is 4.99 Å². The Morgan fingerprint density at radius 1 is 1.00 bits per heavy atom. The zero-order valence-electron chi connectivity index (χ0n) is 15.0. The van der Waals surface area contributed by atoms with Crippen molar-refractivity contribution in [2.24, 2.45) is 10.9 Å². The molecule has 2 heteroatoms. The second-order valence-corrected chi connectivity index (χ2v) is 6.53. The van der Waals surface area contributed by atoms with E-state index in [1.807, 2.05) is 0 Å². The fourth-order valence-corrected chi connectivity index (χ4v) is 3.16. The monoisotopic (exact) mass is 307 g/mol. The Labute approximate surface area is 138 Å². The molecule has 0 spiro atoms. The molecule has 128 valence electrons. The Bertz CT molecular complexity index is 309. The van der Waals surface area contributed by atoms with E-state index in [-0.39, 0.29) is 0 Å². The summed E-state index contributed by atoms with van der Waals surface area (Å²) in [5, 5.41) is 0. The molecule has 1 atom stereocenters. The molecule has 0 bridgehead atoms. The van der Waals surface area contributed by atoms with Crippen LogP contribution in [0, 0.1) is 5.92 Å². The maximum absolute atomic E-state index is 5.75. The van der Waals surface area contributed by atoms with Crippen molar-refractivity contribution >= 4 is 5.90 Å². The van der Waals surface area contributed by atoms with E-state index < -0.39 is 0 Å². The van der Waals surface area contributed by atoms with Gasteiger partial charge in [0.25, 0.3) is 0 Å². The van der Waals surface area contributed by atoms with Crippen molar-refractivity contribution in [1.82, 2.24) is 0 Å². The van der Waals surface area contributed by atoms with Gasteiger partial charge in [-0.1, -0.05) is 70.4 Å². The van der Waals surface area contributed by atoms with Gasteiger partial charge in [-0.25, -0.2) is 0 Å². The summed E-state index contributed by atoms with van der Waals surface area (Å²) < 4.78 is 5.75. The highest BCUT2D eigenvalue weighted by molar-refractivity contribution is 5.79. The quantitative estimate of drug-likeness (QED) is 0.272. The van der Waals surface area contributed by atoms with Crippen LogP contribution >= 0.6 is 0 Å². The molecule has 0 saturated heterocycles. The summed E-state index contributed by atoms with van der Waals surface area (Å²) in [7, 11) is 0. The summed E-state index contributed by atoms with van der Waals surface area (Å²) in [5.41, 5.74) is 0. The van der Waals surface area contributed by atoms with Crippen molar-refractivity contribution in [3.63, 3.8) is 0 Å². The van der Waals surface area contributed by atoms with Crippen LogP contribution in [0.3, 0.4) is 0 Å². The van der Waals surface area contributed by atoms with Crippen LogP contribution in [0.2, 0.25) is 0 Å². The lowest BCUT2D eigenvalue weighted by atomic mass is 9.94. The van der Waals surface area contributed by atoms with Crippen molar-refractivity contribution in [2.75, 3.05) is 13.2 Å². The Morgan fingerprint density at radius 3 is 2.32 bits per heavy atom. The summed E-state index contributed by atoms with van der Waals surface area (Å²) in [6.07, 6.45) is 20.4. The molecule has 0 radical (unpaired) electrons. The molecule has 0 fully saturated rings. The van der Waals surface area contributed by atoms with Crippen molar-refractivity contribution in [2.45, 2.75) is 90.9 Å². The van der Waals surface area contributed by atoms with Crippen LogP contribution < -0.4 is 0 Å². The van der Waals surface area contributed by atoms with Crippen LogP contribution in [0.25, 0.3) is 0 Å². The molecule has 22 heavy (non-hydrogen) atoms. The third-order valence-electron chi connectivity index (χ3n) is 4.52. The summed E-state index contributed by atoms with van der Waals surface area (Å²) in [6.45, 7) is 6.07. The van der Waals surface area contributed by atoms with Gasteiger partial charge in [0.15, 0.2) is 5.90 Å². The highest BCUT2D eigenvalue weighted by Gasteiger charge is 2.19. The van der Waals surface area contributed by atoms with Gasteiger partial charge in [-0.05, 0) is 32.6 Å². The maximum atomic E-state index is 5.75. The van der Waals surface area contributed by atoms with Crippen molar-refractivity contribution in [3.8, 4) is 0 Å². The normalized spacial score (nSPS) is 16.0. The van der Waals surface area contributed by atoms with E-state index in [0.717, 1.165) is 19.0 Å². The van der Waals surface area contributed by atoms with E-state index in [9.17, 15) is 0 Å². The van der Waals surface area contributed by atoms with Gasteiger partial charge in [0.2, 0.25) is 0 Å². The molecule has 0 aliphatic carbocycles. The molecule has 0 aromatic carbocycles. The van der Waals surface area contributed by atoms with E-state index >= 15 is 0 Å². The minimum Gasteiger partial charge on any atom is -0.479 e. The van der Waals surface area contributed by atoms with E-state index in [1.54, 1.807) is 0 Å².